The predicted molar refractivity (Wildman–Crippen MR) is 70.7 cm³/mol. The summed E-state index contributed by atoms with van der Waals surface area (Å²) in [6.07, 6.45) is 7.93. The van der Waals surface area contributed by atoms with Crippen molar-refractivity contribution < 1.29 is 0 Å². The molecule has 17 heavy (non-hydrogen) atoms. The zero-order chi connectivity index (χ0) is 12.5. The summed E-state index contributed by atoms with van der Waals surface area (Å²) in [5.74, 6) is 0.772. The normalized spacial score (nSPS) is 18.5. The Labute approximate surface area is 106 Å². The highest BCUT2D eigenvalue weighted by Crippen LogP contribution is 2.40. The van der Waals surface area contributed by atoms with Crippen molar-refractivity contribution in [3.63, 3.8) is 0 Å². The fourth-order valence-corrected chi connectivity index (χ4v) is 2.98. The maximum Gasteiger partial charge on any atom is 0.316 e. The lowest BCUT2D eigenvalue weighted by molar-refractivity contribution is 0.284. The number of rotatable bonds is 3. The van der Waals surface area contributed by atoms with Crippen LogP contribution in [0.1, 0.15) is 25.7 Å². The maximum absolute atomic E-state index is 11.8. The summed E-state index contributed by atoms with van der Waals surface area (Å²) >= 11 is 4.41. The van der Waals surface area contributed by atoms with Gasteiger partial charge < -0.3 is 9.13 Å². The maximum atomic E-state index is 11.8. The standard InChI is InChI=1S/C12H18N2O2S/c1-13-6-7-14(11(16)10(13)15)8-12(9-17)4-2-3-5-12/h6-7,17H,2-5,8-9H2,1H3. The van der Waals surface area contributed by atoms with Crippen LogP contribution in [0.4, 0.5) is 0 Å². The minimum absolute atomic E-state index is 0.0965. The first-order valence-electron chi connectivity index (χ1n) is 5.95. The molecule has 1 heterocycles. The van der Waals surface area contributed by atoms with Crippen molar-refractivity contribution in [1.82, 2.24) is 9.13 Å². The topological polar surface area (TPSA) is 44.0 Å². The highest BCUT2D eigenvalue weighted by atomic mass is 32.1. The van der Waals surface area contributed by atoms with Crippen LogP contribution in [-0.2, 0) is 13.6 Å². The van der Waals surface area contributed by atoms with Crippen LogP contribution in [0, 0.1) is 5.41 Å². The van der Waals surface area contributed by atoms with E-state index in [0.717, 1.165) is 18.6 Å². The number of hydrogen-bond donors (Lipinski definition) is 1. The molecule has 1 aliphatic rings. The van der Waals surface area contributed by atoms with Crippen molar-refractivity contribution in [1.29, 1.82) is 0 Å². The van der Waals surface area contributed by atoms with Crippen molar-refractivity contribution >= 4 is 12.6 Å². The van der Waals surface area contributed by atoms with Crippen LogP contribution in [0.5, 0.6) is 0 Å². The molecule has 0 bridgehead atoms. The first-order chi connectivity index (χ1) is 8.08. The average Bonchev–Trinajstić information content (AvgIpc) is 2.79. The number of nitrogens with zero attached hydrogens (tertiary/aromatic N) is 2. The molecule has 0 radical (unpaired) electrons. The van der Waals surface area contributed by atoms with Gasteiger partial charge in [0, 0.05) is 26.0 Å². The van der Waals surface area contributed by atoms with Gasteiger partial charge in [0.05, 0.1) is 0 Å². The van der Waals surface area contributed by atoms with Crippen LogP contribution < -0.4 is 11.1 Å². The Morgan fingerprint density at radius 2 is 1.88 bits per heavy atom. The second-order valence-electron chi connectivity index (χ2n) is 5.01. The molecule has 0 saturated heterocycles. The van der Waals surface area contributed by atoms with E-state index in [2.05, 4.69) is 12.6 Å². The lowest BCUT2D eigenvalue weighted by Gasteiger charge is -2.27. The van der Waals surface area contributed by atoms with Crippen molar-refractivity contribution in [3.8, 4) is 0 Å². The SMILES string of the molecule is Cn1ccn(CC2(CS)CCCC2)c(=O)c1=O. The third-order valence-electron chi connectivity index (χ3n) is 3.74. The van der Waals surface area contributed by atoms with Crippen molar-refractivity contribution in [2.45, 2.75) is 32.2 Å². The van der Waals surface area contributed by atoms with Gasteiger partial charge in [0.15, 0.2) is 0 Å². The molecule has 0 aromatic carbocycles. The first-order valence-corrected chi connectivity index (χ1v) is 6.58. The smallest absolute Gasteiger partial charge is 0.312 e. The Balaban J connectivity index is 2.33. The van der Waals surface area contributed by atoms with E-state index in [1.54, 1.807) is 24.0 Å². The molecule has 0 amide bonds. The predicted octanol–water partition coefficient (Wildman–Crippen LogP) is 1.04. The van der Waals surface area contributed by atoms with Crippen molar-refractivity contribution in [3.05, 3.63) is 33.1 Å². The summed E-state index contributed by atoms with van der Waals surface area (Å²) < 4.78 is 2.87. The molecule has 0 N–H and O–H groups in total. The molecular formula is C12H18N2O2S. The summed E-state index contributed by atoms with van der Waals surface area (Å²) in [6.45, 7) is 0.616. The average molecular weight is 254 g/mol. The molecule has 94 valence electrons. The van der Waals surface area contributed by atoms with Gasteiger partial charge in [-0.25, -0.2) is 0 Å². The second kappa shape index (κ2) is 4.72. The number of aromatic nitrogens is 2. The fourth-order valence-electron chi connectivity index (χ4n) is 2.57. The van der Waals surface area contributed by atoms with Gasteiger partial charge in [0.2, 0.25) is 0 Å². The lowest BCUT2D eigenvalue weighted by Crippen LogP contribution is -2.42. The van der Waals surface area contributed by atoms with E-state index in [0.29, 0.717) is 6.54 Å². The largest absolute Gasteiger partial charge is 0.316 e. The number of aryl methyl sites for hydroxylation is 1. The van der Waals surface area contributed by atoms with E-state index in [1.807, 2.05) is 0 Å². The molecule has 1 aliphatic carbocycles. The van der Waals surface area contributed by atoms with E-state index in [1.165, 1.54) is 17.4 Å². The van der Waals surface area contributed by atoms with Gasteiger partial charge in [-0.05, 0) is 24.0 Å². The zero-order valence-electron chi connectivity index (χ0n) is 10.1. The van der Waals surface area contributed by atoms with E-state index < -0.39 is 11.1 Å². The summed E-state index contributed by atoms with van der Waals surface area (Å²) in [5.41, 5.74) is -0.790. The van der Waals surface area contributed by atoms with Gasteiger partial charge in [-0.15, -0.1) is 0 Å². The van der Waals surface area contributed by atoms with Crippen LogP contribution in [0.3, 0.4) is 0 Å². The third kappa shape index (κ3) is 2.34. The van der Waals surface area contributed by atoms with Crippen LogP contribution >= 0.6 is 12.6 Å². The Kier molecular flexibility index (Phi) is 3.47. The van der Waals surface area contributed by atoms with E-state index in [9.17, 15) is 9.59 Å². The third-order valence-corrected chi connectivity index (χ3v) is 4.41. The fraction of sp³-hybridized carbons (Fsp3) is 0.667. The van der Waals surface area contributed by atoms with Gasteiger partial charge >= 0.3 is 11.1 Å². The molecule has 1 fully saturated rings. The molecule has 0 spiro atoms. The van der Waals surface area contributed by atoms with Crippen LogP contribution in [0.25, 0.3) is 0 Å². The summed E-state index contributed by atoms with van der Waals surface area (Å²) in [5, 5.41) is 0. The highest BCUT2D eigenvalue weighted by Gasteiger charge is 2.33. The zero-order valence-corrected chi connectivity index (χ0v) is 10.9. The molecule has 4 nitrogen and oxygen atoms in total. The van der Waals surface area contributed by atoms with Gasteiger partial charge in [0.1, 0.15) is 0 Å². The molecule has 5 heteroatoms. The van der Waals surface area contributed by atoms with E-state index in [4.69, 9.17) is 0 Å². The van der Waals surface area contributed by atoms with Gasteiger partial charge in [-0.1, -0.05) is 12.8 Å². The number of thiol groups is 1. The van der Waals surface area contributed by atoms with E-state index in [-0.39, 0.29) is 5.41 Å². The summed E-state index contributed by atoms with van der Waals surface area (Å²) in [4.78, 5) is 23.4. The quantitative estimate of drug-likeness (QED) is 0.647. The molecular weight excluding hydrogens is 236 g/mol. The van der Waals surface area contributed by atoms with Crippen LogP contribution in [0.2, 0.25) is 0 Å². The Morgan fingerprint density at radius 3 is 2.47 bits per heavy atom. The lowest BCUT2D eigenvalue weighted by atomic mass is 9.88. The number of hydrogen-bond acceptors (Lipinski definition) is 3. The van der Waals surface area contributed by atoms with Crippen LogP contribution in [0.15, 0.2) is 22.0 Å². The molecule has 1 aromatic heterocycles. The second-order valence-corrected chi connectivity index (χ2v) is 5.33. The Bertz CT molecular complexity index is 512. The van der Waals surface area contributed by atoms with Gasteiger partial charge in [0.25, 0.3) is 0 Å². The van der Waals surface area contributed by atoms with E-state index >= 15 is 0 Å². The summed E-state index contributed by atoms with van der Waals surface area (Å²) in [6, 6.07) is 0. The minimum Gasteiger partial charge on any atom is -0.312 e. The molecule has 0 aliphatic heterocycles. The first kappa shape index (κ1) is 12.5. The van der Waals surface area contributed by atoms with Crippen LogP contribution in [-0.4, -0.2) is 14.9 Å². The molecule has 2 rings (SSSR count). The Hall–Kier alpha value is -0.970. The highest BCUT2D eigenvalue weighted by molar-refractivity contribution is 7.80. The monoisotopic (exact) mass is 254 g/mol. The molecule has 0 unspecified atom stereocenters. The van der Waals surface area contributed by atoms with Crippen molar-refractivity contribution in [2.75, 3.05) is 5.75 Å². The van der Waals surface area contributed by atoms with Gasteiger partial charge in [-0.3, -0.25) is 9.59 Å². The summed E-state index contributed by atoms with van der Waals surface area (Å²) in [7, 11) is 1.60. The molecule has 0 atom stereocenters. The minimum atomic E-state index is -0.459. The molecule has 1 saturated carbocycles. The molecule has 1 aromatic rings. The van der Waals surface area contributed by atoms with Crippen molar-refractivity contribution in [2.24, 2.45) is 12.5 Å². The Morgan fingerprint density at radius 1 is 1.24 bits per heavy atom. The van der Waals surface area contributed by atoms with Gasteiger partial charge in [-0.2, -0.15) is 12.6 Å².